The molecular weight excluding hydrogens is 724 g/mol. The van der Waals surface area contributed by atoms with Gasteiger partial charge in [0.25, 0.3) is 0 Å². The standard InChI is InChI=1S/C25H37N5O6S.2C2HF3O2/c1-37(35,36)29-12-10-28(11-13-29)21-14-22(23(31)27-20-8-6-19(7-9-20)25(33)34)30(16-21)24(32)18-4-2-17(15-26)3-5-18;2*3-2(4,5)1(6)7/h6-9,17-18,21-22H,2-5,10-16,26H2,1H3,(H,27,31)(H,33,34);2*(H,6,7)/t17?,18?,21-,22-;;/m0../s1. The number of carboxylic acids is 3. The number of hydrogen-bond acceptors (Lipinski definition) is 9. The van der Waals surface area contributed by atoms with E-state index < -0.39 is 46.3 Å². The first kappa shape index (κ1) is 43.1. The predicted molar refractivity (Wildman–Crippen MR) is 166 cm³/mol. The highest BCUT2D eigenvalue weighted by Gasteiger charge is 2.45. The number of halogens is 6. The molecule has 2 heterocycles. The molecule has 3 fully saturated rings. The Hall–Kier alpha value is -4.02. The number of anilines is 1. The van der Waals surface area contributed by atoms with Crippen molar-refractivity contribution in [2.45, 2.75) is 56.5 Å². The lowest BCUT2D eigenvalue weighted by Crippen LogP contribution is -2.52. The van der Waals surface area contributed by atoms with Crippen LogP contribution in [0.5, 0.6) is 0 Å². The maximum absolute atomic E-state index is 13.6. The molecule has 2 saturated heterocycles. The Morgan fingerprint density at radius 2 is 1.31 bits per heavy atom. The minimum Gasteiger partial charge on any atom is -0.478 e. The molecule has 288 valence electrons. The van der Waals surface area contributed by atoms with E-state index in [9.17, 15) is 49.1 Å². The number of rotatable bonds is 7. The fourth-order valence-electron chi connectivity index (χ4n) is 5.77. The Morgan fingerprint density at radius 1 is 0.843 bits per heavy atom. The van der Waals surface area contributed by atoms with Crippen LogP contribution in [-0.2, 0) is 29.2 Å². The Balaban J connectivity index is 0.000000543. The first-order valence-electron chi connectivity index (χ1n) is 15.4. The molecule has 1 saturated carbocycles. The number of likely N-dealkylation sites (tertiary alicyclic amines) is 1. The van der Waals surface area contributed by atoms with Gasteiger partial charge in [0.1, 0.15) is 6.04 Å². The van der Waals surface area contributed by atoms with Gasteiger partial charge >= 0.3 is 30.3 Å². The largest absolute Gasteiger partial charge is 0.490 e. The third kappa shape index (κ3) is 13.2. The molecule has 0 bridgehead atoms. The Bertz CT molecular complexity index is 1470. The molecule has 6 N–H and O–H groups in total. The number of benzene rings is 1. The number of aliphatic carboxylic acids is 2. The highest BCUT2D eigenvalue weighted by molar-refractivity contribution is 7.88. The van der Waals surface area contributed by atoms with Crippen molar-refractivity contribution < 1.29 is 74.1 Å². The lowest BCUT2D eigenvalue weighted by molar-refractivity contribution is -0.193. The van der Waals surface area contributed by atoms with Gasteiger partial charge in [-0.3, -0.25) is 14.5 Å². The molecule has 1 aliphatic carbocycles. The number of carbonyl (C=O) groups excluding carboxylic acids is 2. The van der Waals surface area contributed by atoms with Gasteiger partial charge in [-0.2, -0.15) is 30.6 Å². The van der Waals surface area contributed by atoms with E-state index in [-0.39, 0.29) is 29.3 Å². The van der Waals surface area contributed by atoms with Gasteiger partial charge in [0.05, 0.1) is 11.8 Å². The Morgan fingerprint density at radius 3 is 1.71 bits per heavy atom. The number of nitrogens with one attached hydrogen (secondary N) is 1. The second-order valence-electron chi connectivity index (χ2n) is 12.0. The smallest absolute Gasteiger partial charge is 0.478 e. The number of sulfonamides is 1. The van der Waals surface area contributed by atoms with Gasteiger partial charge in [-0.15, -0.1) is 0 Å². The van der Waals surface area contributed by atoms with E-state index in [0.717, 1.165) is 25.7 Å². The summed E-state index contributed by atoms with van der Waals surface area (Å²) in [6.07, 6.45) is -5.15. The minimum atomic E-state index is -5.08. The summed E-state index contributed by atoms with van der Waals surface area (Å²) in [6, 6.07) is 5.23. The lowest BCUT2D eigenvalue weighted by atomic mass is 9.81. The Kier molecular flexibility index (Phi) is 15.2. The number of carboxylic acid groups (broad SMARTS) is 3. The van der Waals surface area contributed by atoms with Crippen LogP contribution in [0.2, 0.25) is 0 Å². The normalized spacial score (nSPS) is 23.2. The number of carbonyl (C=O) groups is 5. The van der Waals surface area contributed by atoms with Crippen molar-refractivity contribution in [2.75, 3.05) is 50.8 Å². The van der Waals surface area contributed by atoms with Crippen molar-refractivity contribution in [1.29, 1.82) is 0 Å². The van der Waals surface area contributed by atoms with Crippen molar-refractivity contribution in [2.24, 2.45) is 17.6 Å². The summed E-state index contributed by atoms with van der Waals surface area (Å²) >= 11 is 0. The van der Waals surface area contributed by atoms with Gasteiger partial charge in [0, 0.05) is 50.4 Å². The van der Waals surface area contributed by atoms with E-state index in [1.807, 2.05) is 0 Å². The van der Waals surface area contributed by atoms with Crippen LogP contribution in [0.1, 0.15) is 42.5 Å². The first-order chi connectivity index (χ1) is 23.4. The van der Waals surface area contributed by atoms with Gasteiger partial charge in [0.15, 0.2) is 0 Å². The molecule has 2 amide bonds. The molecule has 3 aliphatic rings. The van der Waals surface area contributed by atoms with Crippen molar-refractivity contribution in [3.05, 3.63) is 29.8 Å². The number of piperazine rings is 1. The van der Waals surface area contributed by atoms with Gasteiger partial charge < -0.3 is 31.3 Å². The van der Waals surface area contributed by atoms with Gasteiger partial charge in [0.2, 0.25) is 21.8 Å². The summed E-state index contributed by atoms with van der Waals surface area (Å²) in [7, 11) is -3.25. The van der Waals surface area contributed by atoms with Crippen LogP contribution in [0.3, 0.4) is 0 Å². The zero-order valence-corrected chi connectivity index (χ0v) is 28.0. The average Bonchev–Trinajstić information content (AvgIpc) is 3.50. The number of nitrogens with zero attached hydrogens (tertiary/aromatic N) is 3. The number of alkyl halides is 6. The molecule has 4 rings (SSSR count). The summed E-state index contributed by atoms with van der Waals surface area (Å²) < 4.78 is 88.8. The number of hydrogen-bond donors (Lipinski definition) is 5. The second kappa shape index (κ2) is 18.0. The van der Waals surface area contributed by atoms with E-state index in [4.69, 9.17) is 30.6 Å². The maximum Gasteiger partial charge on any atom is 0.490 e. The number of amides is 2. The van der Waals surface area contributed by atoms with Crippen molar-refractivity contribution in [3.8, 4) is 0 Å². The molecule has 0 unspecified atom stereocenters. The van der Waals surface area contributed by atoms with E-state index in [0.29, 0.717) is 57.3 Å². The molecule has 1 aromatic rings. The molecule has 2 atom stereocenters. The van der Waals surface area contributed by atoms with Crippen LogP contribution in [0.15, 0.2) is 24.3 Å². The van der Waals surface area contributed by atoms with Crippen LogP contribution < -0.4 is 11.1 Å². The molecular formula is C29H39F6N5O10S. The summed E-state index contributed by atoms with van der Waals surface area (Å²) in [5, 5.41) is 26.2. The molecule has 15 nitrogen and oxygen atoms in total. The van der Waals surface area contributed by atoms with Crippen molar-refractivity contribution in [1.82, 2.24) is 14.1 Å². The van der Waals surface area contributed by atoms with Crippen molar-refractivity contribution in [3.63, 3.8) is 0 Å². The zero-order chi connectivity index (χ0) is 38.9. The topological polar surface area (TPSA) is 228 Å². The van der Waals surface area contributed by atoms with Crippen molar-refractivity contribution >= 4 is 45.4 Å². The zero-order valence-electron chi connectivity index (χ0n) is 27.2. The fourth-order valence-corrected chi connectivity index (χ4v) is 6.60. The Labute approximate surface area is 288 Å². The number of nitrogens with two attached hydrogens (primary N) is 1. The molecule has 0 aromatic heterocycles. The summed E-state index contributed by atoms with van der Waals surface area (Å²) in [4.78, 5) is 59.9. The first-order valence-corrected chi connectivity index (χ1v) is 17.2. The predicted octanol–water partition coefficient (Wildman–Crippen LogP) is 1.90. The van der Waals surface area contributed by atoms with Gasteiger partial charge in [-0.25, -0.2) is 22.8 Å². The summed E-state index contributed by atoms with van der Waals surface area (Å²) in [6.45, 7) is 2.92. The third-order valence-corrected chi connectivity index (χ3v) is 9.84. The van der Waals surface area contributed by atoms with Gasteiger partial charge in [-0.05, 0) is 68.8 Å². The molecule has 51 heavy (non-hydrogen) atoms. The third-order valence-electron chi connectivity index (χ3n) is 8.54. The quantitative estimate of drug-likeness (QED) is 0.251. The van der Waals surface area contributed by atoms with Crippen LogP contribution >= 0.6 is 0 Å². The molecule has 0 spiro atoms. The van der Waals surface area contributed by atoms with Crippen LogP contribution in [0, 0.1) is 11.8 Å². The average molecular weight is 764 g/mol. The van der Waals surface area contributed by atoms with E-state index in [2.05, 4.69) is 10.2 Å². The van der Waals surface area contributed by atoms with Crippen LogP contribution in [-0.4, -0.2) is 138 Å². The number of aromatic carboxylic acids is 1. The highest BCUT2D eigenvalue weighted by Crippen LogP contribution is 2.33. The van der Waals surface area contributed by atoms with E-state index in [1.54, 1.807) is 17.0 Å². The molecule has 2 aliphatic heterocycles. The molecule has 1 aromatic carbocycles. The van der Waals surface area contributed by atoms with E-state index >= 15 is 0 Å². The maximum atomic E-state index is 13.6. The molecule has 22 heteroatoms. The summed E-state index contributed by atoms with van der Waals surface area (Å²) in [5.41, 5.74) is 6.41. The van der Waals surface area contributed by atoms with Crippen LogP contribution in [0.4, 0.5) is 32.0 Å². The highest BCUT2D eigenvalue weighted by atomic mass is 32.2. The fraction of sp³-hybridized carbons (Fsp3) is 0.621. The lowest BCUT2D eigenvalue weighted by Gasteiger charge is -2.37. The van der Waals surface area contributed by atoms with Crippen LogP contribution in [0.25, 0.3) is 0 Å². The van der Waals surface area contributed by atoms with E-state index in [1.165, 1.54) is 22.7 Å². The molecule has 0 radical (unpaired) electrons. The SMILES string of the molecule is CS(=O)(=O)N1CCN([C@H]2C[C@@H](C(=O)Nc3ccc(C(=O)O)cc3)N(C(=O)C3CCC(CN)CC3)C2)CC1.O=C(O)C(F)(F)F.O=C(O)C(F)(F)F. The van der Waals surface area contributed by atoms with Gasteiger partial charge in [-0.1, -0.05) is 0 Å². The second-order valence-corrected chi connectivity index (χ2v) is 14.0. The monoisotopic (exact) mass is 763 g/mol. The summed E-state index contributed by atoms with van der Waals surface area (Å²) in [5.74, 6) is -6.56. The minimum absolute atomic E-state index is 0.00545.